The maximum absolute atomic E-state index is 11.3. The summed E-state index contributed by atoms with van der Waals surface area (Å²) in [6.07, 6.45) is 3.00. The van der Waals surface area contributed by atoms with Crippen molar-refractivity contribution in [3.05, 3.63) is 89.5 Å². The van der Waals surface area contributed by atoms with Crippen LogP contribution in [0.2, 0.25) is 0 Å². The van der Waals surface area contributed by atoms with Crippen molar-refractivity contribution in [1.29, 1.82) is 0 Å². The van der Waals surface area contributed by atoms with Gasteiger partial charge in [-0.1, -0.05) is 30.0 Å². The summed E-state index contributed by atoms with van der Waals surface area (Å²) in [7, 11) is 4.50. The first-order chi connectivity index (χ1) is 15.1. The predicted molar refractivity (Wildman–Crippen MR) is 120 cm³/mol. The standard InChI is InChI=1S/C26H22O5/c1-28-23-16-20(15-21(17-23)12-14-26(27)30-3)10-9-19-11-13-24(25(18-19)29-2)31-22-7-5-4-6-8-22/h4-8,11-18H,1-3H3/b14-12+. The minimum atomic E-state index is -0.430. The van der Waals surface area contributed by atoms with Crippen molar-refractivity contribution in [3.63, 3.8) is 0 Å². The zero-order valence-electron chi connectivity index (χ0n) is 17.5. The van der Waals surface area contributed by atoms with Crippen LogP contribution in [0.25, 0.3) is 6.08 Å². The molecule has 0 unspecified atom stereocenters. The van der Waals surface area contributed by atoms with E-state index in [2.05, 4.69) is 16.6 Å². The van der Waals surface area contributed by atoms with E-state index >= 15 is 0 Å². The normalized spacial score (nSPS) is 10.2. The van der Waals surface area contributed by atoms with Crippen LogP contribution in [0, 0.1) is 11.8 Å². The first-order valence-corrected chi connectivity index (χ1v) is 9.49. The van der Waals surface area contributed by atoms with Crippen LogP contribution in [0.5, 0.6) is 23.0 Å². The van der Waals surface area contributed by atoms with Crippen LogP contribution in [0.3, 0.4) is 0 Å². The van der Waals surface area contributed by atoms with Crippen LogP contribution in [0.15, 0.2) is 72.8 Å². The van der Waals surface area contributed by atoms with Crippen LogP contribution >= 0.6 is 0 Å². The van der Waals surface area contributed by atoms with E-state index in [0.29, 0.717) is 17.2 Å². The lowest BCUT2D eigenvalue weighted by Gasteiger charge is -2.10. The molecule has 5 nitrogen and oxygen atoms in total. The maximum Gasteiger partial charge on any atom is 0.330 e. The van der Waals surface area contributed by atoms with Gasteiger partial charge in [-0.3, -0.25) is 0 Å². The molecule has 0 N–H and O–H groups in total. The molecule has 5 heteroatoms. The molecule has 0 atom stereocenters. The topological polar surface area (TPSA) is 54.0 Å². The Labute approximate surface area is 181 Å². The van der Waals surface area contributed by atoms with Crippen molar-refractivity contribution in [2.75, 3.05) is 21.3 Å². The Morgan fingerprint density at radius 3 is 2.26 bits per heavy atom. The number of carbonyl (C=O) groups is 1. The number of benzene rings is 3. The van der Waals surface area contributed by atoms with Crippen LogP contribution in [-0.4, -0.2) is 27.3 Å². The Hall–Kier alpha value is -4.17. The van der Waals surface area contributed by atoms with Crippen molar-refractivity contribution in [1.82, 2.24) is 0 Å². The molecule has 0 amide bonds. The monoisotopic (exact) mass is 414 g/mol. The number of hydrogen-bond acceptors (Lipinski definition) is 5. The van der Waals surface area contributed by atoms with E-state index in [9.17, 15) is 4.79 Å². The fourth-order valence-electron chi connectivity index (χ4n) is 2.73. The van der Waals surface area contributed by atoms with Crippen LogP contribution in [0.1, 0.15) is 16.7 Å². The molecule has 0 aliphatic carbocycles. The molecular weight excluding hydrogens is 392 g/mol. The molecule has 0 aliphatic heterocycles. The summed E-state index contributed by atoms with van der Waals surface area (Å²) in [5.41, 5.74) is 2.29. The van der Waals surface area contributed by atoms with Gasteiger partial charge in [0.1, 0.15) is 11.5 Å². The average molecular weight is 414 g/mol. The average Bonchev–Trinajstić information content (AvgIpc) is 2.82. The van der Waals surface area contributed by atoms with E-state index in [4.69, 9.17) is 14.2 Å². The minimum Gasteiger partial charge on any atom is -0.497 e. The molecule has 31 heavy (non-hydrogen) atoms. The summed E-state index contributed by atoms with van der Waals surface area (Å²) < 4.78 is 21.3. The van der Waals surface area contributed by atoms with Gasteiger partial charge in [0, 0.05) is 17.2 Å². The fraction of sp³-hybridized carbons (Fsp3) is 0.115. The quantitative estimate of drug-likeness (QED) is 0.320. The third kappa shape index (κ3) is 6.15. The van der Waals surface area contributed by atoms with Crippen molar-refractivity contribution in [3.8, 4) is 34.8 Å². The third-order valence-electron chi connectivity index (χ3n) is 4.26. The smallest absolute Gasteiger partial charge is 0.330 e. The number of methoxy groups -OCH3 is 3. The van der Waals surface area contributed by atoms with Crippen LogP contribution in [-0.2, 0) is 9.53 Å². The van der Waals surface area contributed by atoms with E-state index in [-0.39, 0.29) is 0 Å². The molecule has 156 valence electrons. The highest BCUT2D eigenvalue weighted by atomic mass is 16.5. The second kappa shape index (κ2) is 10.6. The summed E-state index contributed by atoms with van der Waals surface area (Å²) >= 11 is 0. The largest absolute Gasteiger partial charge is 0.497 e. The van der Waals surface area contributed by atoms with Gasteiger partial charge in [0.2, 0.25) is 0 Å². The van der Waals surface area contributed by atoms with Gasteiger partial charge in [0.25, 0.3) is 0 Å². The van der Waals surface area contributed by atoms with Gasteiger partial charge in [-0.15, -0.1) is 0 Å². The second-order valence-electron chi connectivity index (χ2n) is 6.38. The van der Waals surface area contributed by atoms with Gasteiger partial charge in [0.05, 0.1) is 21.3 Å². The minimum absolute atomic E-state index is 0.430. The summed E-state index contributed by atoms with van der Waals surface area (Å²) in [5, 5.41) is 0. The predicted octanol–water partition coefficient (Wildman–Crippen LogP) is 5.08. The molecule has 0 saturated heterocycles. The Morgan fingerprint density at radius 2 is 1.55 bits per heavy atom. The van der Waals surface area contributed by atoms with E-state index in [1.165, 1.54) is 13.2 Å². The molecule has 0 fully saturated rings. The van der Waals surface area contributed by atoms with Gasteiger partial charge in [0.15, 0.2) is 11.5 Å². The lowest BCUT2D eigenvalue weighted by atomic mass is 10.1. The SMILES string of the molecule is COC(=O)/C=C/c1cc(C#Cc2ccc(Oc3ccccc3)c(OC)c2)cc(OC)c1. The molecule has 0 aromatic heterocycles. The van der Waals surface area contributed by atoms with E-state index in [1.807, 2.05) is 66.7 Å². The van der Waals surface area contributed by atoms with E-state index in [0.717, 1.165) is 22.4 Å². The second-order valence-corrected chi connectivity index (χ2v) is 6.38. The summed E-state index contributed by atoms with van der Waals surface area (Å²) in [6, 6.07) is 20.5. The number of esters is 1. The Balaban J connectivity index is 1.85. The molecular formula is C26H22O5. The molecule has 3 aromatic carbocycles. The van der Waals surface area contributed by atoms with Gasteiger partial charge in [-0.25, -0.2) is 4.79 Å². The lowest BCUT2D eigenvalue weighted by molar-refractivity contribution is -0.134. The molecule has 0 bridgehead atoms. The third-order valence-corrected chi connectivity index (χ3v) is 4.26. The maximum atomic E-state index is 11.3. The van der Waals surface area contributed by atoms with Crippen molar-refractivity contribution in [2.45, 2.75) is 0 Å². The Morgan fingerprint density at radius 1 is 0.774 bits per heavy atom. The van der Waals surface area contributed by atoms with Gasteiger partial charge in [-0.05, 0) is 60.2 Å². The number of para-hydroxylation sites is 1. The van der Waals surface area contributed by atoms with E-state index < -0.39 is 5.97 Å². The summed E-state index contributed by atoms with van der Waals surface area (Å²) in [5.74, 6) is 8.37. The summed E-state index contributed by atoms with van der Waals surface area (Å²) in [4.78, 5) is 11.3. The zero-order valence-corrected chi connectivity index (χ0v) is 17.5. The van der Waals surface area contributed by atoms with Crippen molar-refractivity contribution >= 4 is 12.0 Å². The van der Waals surface area contributed by atoms with E-state index in [1.54, 1.807) is 20.3 Å². The number of ether oxygens (including phenoxy) is 4. The molecule has 0 aliphatic rings. The highest BCUT2D eigenvalue weighted by Gasteiger charge is 2.06. The molecule has 0 saturated carbocycles. The first-order valence-electron chi connectivity index (χ1n) is 9.49. The zero-order chi connectivity index (χ0) is 22.1. The van der Waals surface area contributed by atoms with Crippen LogP contribution < -0.4 is 14.2 Å². The lowest BCUT2D eigenvalue weighted by Crippen LogP contribution is -1.93. The van der Waals surface area contributed by atoms with Crippen molar-refractivity contribution < 1.29 is 23.7 Å². The Bertz CT molecular complexity index is 1140. The molecule has 0 radical (unpaired) electrons. The van der Waals surface area contributed by atoms with Gasteiger partial charge < -0.3 is 18.9 Å². The molecule has 3 rings (SSSR count). The number of hydrogen-bond donors (Lipinski definition) is 0. The highest BCUT2D eigenvalue weighted by molar-refractivity contribution is 5.87. The molecule has 0 heterocycles. The first kappa shape index (κ1) is 21.5. The van der Waals surface area contributed by atoms with Crippen molar-refractivity contribution in [2.24, 2.45) is 0 Å². The molecule has 3 aromatic rings. The van der Waals surface area contributed by atoms with Gasteiger partial charge >= 0.3 is 5.97 Å². The number of rotatable bonds is 6. The van der Waals surface area contributed by atoms with Gasteiger partial charge in [-0.2, -0.15) is 0 Å². The highest BCUT2D eigenvalue weighted by Crippen LogP contribution is 2.32. The number of carbonyl (C=O) groups excluding carboxylic acids is 1. The van der Waals surface area contributed by atoms with Crippen LogP contribution in [0.4, 0.5) is 0 Å². The summed E-state index contributed by atoms with van der Waals surface area (Å²) in [6.45, 7) is 0. The fourth-order valence-corrected chi connectivity index (χ4v) is 2.73. The Kier molecular flexibility index (Phi) is 7.34. The molecule has 0 spiro atoms.